The number of fused-ring (bicyclic) bond motifs is 8. The Balaban J connectivity index is 1.50. The number of Topliss-reactive ketones (excluding diaryl/α,β-unsaturated/α-hetero) is 2. The average molecular weight is 833 g/mol. The summed E-state index contributed by atoms with van der Waals surface area (Å²) in [5, 5.41) is 14.4. The normalized spacial score (nSPS) is 20.3. The van der Waals surface area contributed by atoms with E-state index in [1.54, 1.807) is 6.92 Å². The molecule has 0 saturated heterocycles. The Labute approximate surface area is 339 Å². The van der Waals surface area contributed by atoms with Crippen molar-refractivity contribution in [1.29, 1.82) is 0 Å². The van der Waals surface area contributed by atoms with Crippen molar-refractivity contribution in [3.05, 3.63) is 68.8 Å². The Morgan fingerprint density at radius 2 is 1.54 bits per heavy atom. The van der Waals surface area contributed by atoms with Crippen LogP contribution in [0.1, 0.15) is 143 Å². The molecule has 314 valence electrons. The van der Waals surface area contributed by atoms with Crippen LogP contribution in [-0.2, 0) is 34.0 Å². The van der Waals surface area contributed by atoms with Crippen LogP contribution in [0, 0.1) is 13.8 Å². The fourth-order valence-corrected chi connectivity index (χ4v) is 9.02. The van der Waals surface area contributed by atoms with Gasteiger partial charge >= 0.3 is 11.9 Å². The molecular formula is C41H48N6O11S. The first-order valence-electron chi connectivity index (χ1n) is 19.4. The highest BCUT2D eigenvalue weighted by molar-refractivity contribution is 7.85. The molecular weight excluding hydrogens is 785 g/mol. The SMILES string of the molecule is CC[C@H]1c2cc3[nH]c4c(c3C)C(=O)C(C(=O)OC)c4c3nc(cc4[nH]c(cc(n2)[C@@H]1C)c(C(C)=O)c4C)[C@@H](C)[C@@H]3CCC(=O)N[C@H](CC(=O)NCCS(=O)(=O)O)C(=O)O. The van der Waals surface area contributed by atoms with Gasteiger partial charge < -0.3 is 30.4 Å². The second kappa shape index (κ2) is 16.5. The number of ketones is 2. The predicted octanol–water partition coefficient (Wildman–Crippen LogP) is 4.52. The predicted molar refractivity (Wildman–Crippen MR) is 215 cm³/mol. The van der Waals surface area contributed by atoms with Crippen LogP contribution in [0.15, 0.2) is 18.2 Å². The number of ether oxygens (including phenoxy) is 1. The van der Waals surface area contributed by atoms with Gasteiger partial charge in [-0.25, -0.2) is 4.79 Å². The maximum Gasteiger partial charge on any atom is 0.326 e. The number of hydrogen-bond acceptors (Lipinski definition) is 11. The van der Waals surface area contributed by atoms with Crippen molar-refractivity contribution in [3.8, 4) is 0 Å². The number of carbonyl (C=O) groups is 6. The van der Waals surface area contributed by atoms with Crippen LogP contribution in [0.5, 0.6) is 0 Å². The van der Waals surface area contributed by atoms with E-state index in [1.165, 1.54) is 14.0 Å². The fraction of sp³-hybridized carbons (Fsp3) is 0.463. The zero-order valence-electron chi connectivity index (χ0n) is 33.8. The summed E-state index contributed by atoms with van der Waals surface area (Å²) in [6, 6.07) is 3.98. The van der Waals surface area contributed by atoms with E-state index in [4.69, 9.17) is 19.3 Å². The molecule has 3 aliphatic rings. The van der Waals surface area contributed by atoms with Gasteiger partial charge in [-0.2, -0.15) is 8.42 Å². The number of carboxylic acid groups (broad SMARTS) is 1. The first-order valence-corrected chi connectivity index (χ1v) is 21.0. The molecule has 6 N–H and O–H groups in total. The Kier molecular flexibility index (Phi) is 12.0. The molecule has 2 amide bonds. The number of rotatable bonds is 13. The first-order chi connectivity index (χ1) is 27.8. The number of aromatic amines is 2. The number of nitrogens with one attached hydrogen (secondary N) is 4. The average Bonchev–Trinajstić information content (AvgIpc) is 3.90. The van der Waals surface area contributed by atoms with Gasteiger partial charge in [0.1, 0.15) is 12.0 Å². The van der Waals surface area contributed by atoms with Gasteiger partial charge in [0.2, 0.25) is 11.8 Å². The van der Waals surface area contributed by atoms with Crippen molar-refractivity contribution in [1.82, 2.24) is 30.6 Å². The number of carbonyl (C=O) groups excluding carboxylic acids is 5. The molecule has 0 saturated carbocycles. The van der Waals surface area contributed by atoms with Crippen molar-refractivity contribution in [2.24, 2.45) is 0 Å². The molecule has 6 rings (SSSR count). The minimum Gasteiger partial charge on any atom is -0.480 e. The summed E-state index contributed by atoms with van der Waals surface area (Å²) in [5.41, 5.74) is 7.16. The van der Waals surface area contributed by atoms with E-state index in [9.17, 15) is 42.3 Å². The largest absolute Gasteiger partial charge is 0.480 e. The number of aromatic nitrogens is 4. The van der Waals surface area contributed by atoms with E-state index in [0.29, 0.717) is 61.3 Å². The highest BCUT2D eigenvalue weighted by Crippen LogP contribution is 2.48. The van der Waals surface area contributed by atoms with Crippen LogP contribution in [-0.4, -0.2) is 98.8 Å². The van der Waals surface area contributed by atoms with Crippen LogP contribution >= 0.6 is 0 Å². The van der Waals surface area contributed by atoms with Crippen LogP contribution in [0.2, 0.25) is 0 Å². The summed E-state index contributed by atoms with van der Waals surface area (Å²) in [7, 11) is -3.18. The molecule has 3 aromatic heterocycles. The molecule has 0 fully saturated rings. The van der Waals surface area contributed by atoms with E-state index in [1.807, 2.05) is 32.0 Å². The third kappa shape index (κ3) is 8.28. The van der Waals surface area contributed by atoms with Crippen molar-refractivity contribution >= 4 is 67.5 Å². The Morgan fingerprint density at radius 3 is 2.17 bits per heavy atom. The zero-order chi connectivity index (χ0) is 43.2. The minimum absolute atomic E-state index is 0.0159. The van der Waals surface area contributed by atoms with Gasteiger partial charge in [0.05, 0.1) is 36.0 Å². The van der Waals surface area contributed by atoms with Gasteiger partial charge in [0.25, 0.3) is 10.1 Å². The Morgan fingerprint density at radius 1 is 0.915 bits per heavy atom. The number of carboxylic acids is 1. The standard InChI is InChI=1S/C41H48N6O11S/c1-8-22-17(2)24-15-29-33(21(6)48)19(4)26(44-29)13-25-18(3)23(9-10-31(49)45-30(40(52)53)16-32(50)42-11-12-59(55,56)57)37(46-25)35-36(41(54)58-7)39(51)34-20(5)27(47-38(34)35)14-28(22)43-24/h13-15,17-18,22-23,30,36,44,47H,8-12,16H2,1-7H3,(H,42,50)(H,45,49)(H,52,53)(H,55,56,57)/t17-,18+,22-,23+,30-,36?/m1/s1. The molecule has 18 heteroatoms. The van der Waals surface area contributed by atoms with E-state index in [0.717, 1.165) is 17.8 Å². The lowest BCUT2D eigenvalue weighted by Crippen LogP contribution is -2.44. The lowest BCUT2D eigenvalue weighted by molar-refractivity contribution is -0.143. The molecule has 1 aliphatic carbocycles. The van der Waals surface area contributed by atoms with Crippen LogP contribution in [0.3, 0.4) is 0 Å². The lowest BCUT2D eigenvalue weighted by Gasteiger charge is -2.20. The van der Waals surface area contributed by atoms with Crippen molar-refractivity contribution in [3.63, 3.8) is 0 Å². The van der Waals surface area contributed by atoms with Crippen LogP contribution in [0.4, 0.5) is 0 Å². The second-order valence-corrected chi connectivity index (χ2v) is 17.1. The summed E-state index contributed by atoms with van der Waals surface area (Å²) < 4.78 is 36.1. The van der Waals surface area contributed by atoms with Gasteiger partial charge in [-0.3, -0.25) is 38.5 Å². The molecule has 0 radical (unpaired) electrons. The molecule has 6 atom stereocenters. The summed E-state index contributed by atoms with van der Waals surface area (Å²) in [6.07, 6.45) is -0.111. The molecule has 2 aliphatic heterocycles. The van der Waals surface area contributed by atoms with Gasteiger partial charge in [0.15, 0.2) is 11.6 Å². The number of amides is 2. The second-order valence-electron chi connectivity index (χ2n) is 15.5. The van der Waals surface area contributed by atoms with Crippen LogP contribution in [0.25, 0.3) is 22.1 Å². The third-order valence-corrected chi connectivity index (χ3v) is 12.5. The van der Waals surface area contributed by atoms with E-state index < -0.39 is 82.2 Å². The summed E-state index contributed by atoms with van der Waals surface area (Å²) in [6.45, 7) is 10.7. The summed E-state index contributed by atoms with van der Waals surface area (Å²) in [4.78, 5) is 95.7. The van der Waals surface area contributed by atoms with E-state index >= 15 is 0 Å². The van der Waals surface area contributed by atoms with E-state index in [2.05, 4.69) is 34.4 Å². The zero-order valence-corrected chi connectivity index (χ0v) is 34.6. The quantitative estimate of drug-likeness (QED) is 0.0600. The molecule has 59 heavy (non-hydrogen) atoms. The summed E-state index contributed by atoms with van der Waals surface area (Å²) >= 11 is 0. The highest BCUT2D eigenvalue weighted by atomic mass is 32.2. The van der Waals surface area contributed by atoms with Crippen molar-refractivity contribution < 1.29 is 51.6 Å². The smallest absolute Gasteiger partial charge is 0.326 e. The molecule has 3 aromatic rings. The maximum absolute atomic E-state index is 14.3. The number of aliphatic carboxylic acids is 1. The number of methoxy groups -OCH3 is 1. The number of esters is 1. The van der Waals surface area contributed by atoms with Crippen molar-refractivity contribution in [2.45, 2.75) is 103 Å². The highest BCUT2D eigenvalue weighted by Gasteiger charge is 2.45. The monoisotopic (exact) mass is 832 g/mol. The Bertz CT molecular complexity index is 2580. The van der Waals surface area contributed by atoms with E-state index in [-0.39, 0.29) is 30.5 Å². The number of H-pyrrole nitrogens is 2. The number of nitrogens with zero attached hydrogens (tertiary/aromatic N) is 2. The van der Waals surface area contributed by atoms with Gasteiger partial charge in [0, 0.05) is 81.4 Å². The lowest BCUT2D eigenvalue weighted by atomic mass is 9.83. The minimum atomic E-state index is -4.37. The fourth-order valence-electron chi connectivity index (χ4n) is 8.66. The Hall–Kier alpha value is -5.75. The third-order valence-electron chi connectivity index (χ3n) is 11.8. The first kappa shape index (κ1) is 42.8. The maximum atomic E-state index is 14.3. The number of aryl methyl sites for hydroxylation is 2. The molecule has 5 heterocycles. The topological polar surface area (TPSA) is 268 Å². The van der Waals surface area contributed by atoms with Gasteiger partial charge in [-0.15, -0.1) is 0 Å². The number of hydrogen-bond donors (Lipinski definition) is 6. The molecule has 8 bridgehead atoms. The summed E-state index contributed by atoms with van der Waals surface area (Å²) in [5.74, 6) is -7.59. The van der Waals surface area contributed by atoms with Gasteiger partial charge in [-0.05, 0) is 62.9 Å². The molecule has 17 nitrogen and oxygen atoms in total. The molecule has 0 spiro atoms. The molecule has 1 unspecified atom stereocenters. The van der Waals surface area contributed by atoms with Gasteiger partial charge in [-0.1, -0.05) is 20.8 Å². The molecule has 0 aromatic carbocycles. The van der Waals surface area contributed by atoms with Crippen molar-refractivity contribution in [2.75, 3.05) is 19.4 Å². The van der Waals surface area contributed by atoms with Crippen LogP contribution < -0.4 is 10.6 Å².